The quantitative estimate of drug-likeness (QED) is 0.878. The number of carbonyl (C=O) groups excluding carboxylic acids is 1. The van der Waals surface area contributed by atoms with Crippen LogP contribution in [0.15, 0.2) is 12.1 Å². The molecule has 1 aromatic rings. The first-order valence-electron chi connectivity index (χ1n) is 4.72. The summed E-state index contributed by atoms with van der Waals surface area (Å²) in [5.41, 5.74) is 1.41. The van der Waals surface area contributed by atoms with Crippen molar-refractivity contribution in [1.82, 2.24) is 0 Å². The van der Waals surface area contributed by atoms with Gasteiger partial charge in [-0.3, -0.25) is 4.79 Å². The molecule has 0 aromatic heterocycles. The first kappa shape index (κ1) is 12.8. The van der Waals surface area contributed by atoms with Gasteiger partial charge in [0, 0.05) is 12.1 Å². The third-order valence-electron chi connectivity index (χ3n) is 2.33. The molecule has 0 bridgehead atoms. The van der Waals surface area contributed by atoms with Crippen LogP contribution < -0.4 is 9.64 Å². The summed E-state index contributed by atoms with van der Waals surface area (Å²) >= 11 is 5.98. The van der Waals surface area contributed by atoms with E-state index in [1.165, 1.54) is 12.0 Å². The number of rotatable bonds is 3. The minimum Gasteiger partial charge on any atom is -0.495 e. The number of likely N-dealkylation sites (N-methyl/N-ethyl adjacent to an activating group) is 1. The maximum absolute atomic E-state index is 11.4. The van der Waals surface area contributed by atoms with E-state index >= 15 is 0 Å². The molecule has 0 saturated heterocycles. The standard InChI is InChI=1S/C11H14ClNO3/c1-7-4-10(16-3)9(5-8(7)12)13(2)11(15)6-14/h4-5,14H,6H2,1-3H3. The molecule has 5 heteroatoms. The van der Waals surface area contributed by atoms with Gasteiger partial charge >= 0.3 is 0 Å². The molecule has 0 aliphatic rings. The Balaban J connectivity index is 3.21. The zero-order chi connectivity index (χ0) is 12.3. The lowest BCUT2D eigenvalue weighted by Gasteiger charge is -2.20. The number of methoxy groups -OCH3 is 1. The second-order valence-electron chi connectivity index (χ2n) is 3.38. The van der Waals surface area contributed by atoms with Gasteiger partial charge in [0.25, 0.3) is 5.91 Å². The summed E-state index contributed by atoms with van der Waals surface area (Å²) < 4.78 is 5.16. The summed E-state index contributed by atoms with van der Waals surface area (Å²) in [7, 11) is 3.07. The number of nitrogens with zero attached hydrogens (tertiary/aromatic N) is 1. The van der Waals surface area contributed by atoms with Crippen LogP contribution in [0.2, 0.25) is 5.02 Å². The molecule has 1 rings (SSSR count). The lowest BCUT2D eigenvalue weighted by Crippen LogP contribution is -2.29. The van der Waals surface area contributed by atoms with Crippen LogP contribution in [0.4, 0.5) is 5.69 Å². The van der Waals surface area contributed by atoms with E-state index in [1.807, 2.05) is 6.92 Å². The Bertz CT molecular complexity index is 406. The van der Waals surface area contributed by atoms with Crippen LogP contribution >= 0.6 is 11.6 Å². The highest BCUT2D eigenvalue weighted by atomic mass is 35.5. The second-order valence-corrected chi connectivity index (χ2v) is 3.79. The summed E-state index contributed by atoms with van der Waals surface area (Å²) in [5.74, 6) is 0.129. The summed E-state index contributed by atoms with van der Waals surface area (Å²) in [6.07, 6.45) is 0. The fraction of sp³-hybridized carbons (Fsp3) is 0.364. The van der Waals surface area contributed by atoms with Crippen molar-refractivity contribution in [1.29, 1.82) is 0 Å². The number of aliphatic hydroxyl groups is 1. The van der Waals surface area contributed by atoms with Gasteiger partial charge in [0.2, 0.25) is 0 Å². The molecular formula is C11H14ClNO3. The average Bonchev–Trinajstić information content (AvgIpc) is 2.30. The molecule has 0 spiro atoms. The van der Waals surface area contributed by atoms with E-state index in [9.17, 15) is 4.79 Å². The van der Waals surface area contributed by atoms with Crippen molar-refractivity contribution in [3.05, 3.63) is 22.7 Å². The molecule has 88 valence electrons. The molecule has 16 heavy (non-hydrogen) atoms. The molecule has 0 radical (unpaired) electrons. The number of ether oxygens (including phenoxy) is 1. The summed E-state index contributed by atoms with van der Waals surface area (Å²) in [4.78, 5) is 12.7. The van der Waals surface area contributed by atoms with Crippen LogP contribution in [-0.4, -0.2) is 31.8 Å². The summed E-state index contributed by atoms with van der Waals surface area (Å²) in [6.45, 7) is 1.30. The minimum atomic E-state index is -0.550. The molecule has 1 N–H and O–H groups in total. The fourth-order valence-electron chi connectivity index (χ4n) is 1.31. The van der Waals surface area contributed by atoms with E-state index in [-0.39, 0.29) is 0 Å². The van der Waals surface area contributed by atoms with Gasteiger partial charge in [0.15, 0.2) is 0 Å². The van der Waals surface area contributed by atoms with E-state index in [4.69, 9.17) is 21.4 Å². The molecule has 0 saturated carbocycles. The third-order valence-corrected chi connectivity index (χ3v) is 2.74. The zero-order valence-electron chi connectivity index (χ0n) is 9.45. The van der Waals surface area contributed by atoms with Crippen LogP contribution in [0.5, 0.6) is 5.75 Å². The average molecular weight is 244 g/mol. The Morgan fingerprint density at radius 3 is 2.69 bits per heavy atom. The maximum atomic E-state index is 11.4. The summed E-state index contributed by atoms with van der Waals surface area (Å²) in [6, 6.07) is 3.39. The van der Waals surface area contributed by atoms with E-state index in [1.54, 1.807) is 19.2 Å². The molecule has 0 aliphatic heterocycles. The smallest absolute Gasteiger partial charge is 0.252 e. The largest absolute Gasteiger partial charge is 0.495 e. The van der Waals surface area contributed by atoms with Gasteiger partial charge in [0.1, 0.15) is 12.4 Å². The van der Waals surface area contributed by atoms with Crippen molar-refractivity contribution in [3.8, 4) is 5.75 Å². The van der Waals surface area contributed by atoms with Gasteiger partial charge in [-0.25, -0.2) is 0 Å². The van der Waals surface area contributed by atoms with Crippen LogP contribution in [0, 0.1) is 6.92 Å². The molecule has 0 atom stereocenters. The molecular weight excluding hydrogens is 230 g/mol. The predicted molar refractivity (Wildman–Crippen MR) is 63.2 cm³/mol. The highest BCUT2D eigenvalue weighted by Gasteiger charge is 2.15. The van der Waals surface area contributed by atoms with Gasteiger partial charge in [-0.15, -0.1) is 0 Å². The molecule has 1 amide bonds. The minimum absolute atomic E-state index is 0.418. The molecule has 1 aromatic carbocycles. The Kier molecular flexibility index (Phi) is 4.15. The van der Waals surface area contributed by atoms with Gasteiger partial charge in [0.05, 0.1) is 12.8 Å². The Hall–Kier alpha value is -1.26. The number of aryl methyl sites for hydroxylation is 1. The number of amides is 1. The van der Waals surface area contributed by atoms with Crippen LogP contribution in [0.25, 0.3) is 0 Å². The molecule has 4 nitrogen and oxygen atoms in total. The lowest BCUT2D eigenvalue weighted by molar-refractivity contribution is -0.120. The Labute approximate surface area is 99.4 Å². The van der Waals surface area contributed by atoms with Crippen molar-refractivity contribution >= 4 is 23.2 Å². The van der Waals surface area contributed by atoms with Crippen LogP contribution in [0.1, 0.15) is 5.56 Å². The van der Waals surface area contributed by atoms with Crippen molar-refractivity contribution in [2.45, 2.75) is 6.92 Å². The van der Waals surface area contributed by atoms with Crippen molar-refractivity contribution in [3.63, 3.8) is 0 Å². The SMILES string of the molecule is COc1cc(C)c(Cl)cc1N(C)C(=O)CO. The maximum Gasteiger partial charge on any atom is 0.252 e. The van der Waals surface area contributed by atoms with E-state index in [0.29, 0.717) is 16.5 Å². The zero-order valence-corrected chi connectivity index (χ0v) is 10.2. The topological polar surface area (TPSA) is 49.8 Å². The van der Waals surface area contributed by atoms with Gasteiger partial charge < -0.3 is 14.7 Å². The number of benzene rings is 1. The monoisotopic (exact) mass is 243 g/mol. The number of anilines is 1. The van der Waals surface area contributed by atoms with E-state index in [0.717, 1.165) is 5.56 Å². The Morgan fingerprint density at radius 1 is 1.56 bits per heavy atom. The molecule has 0 heterocycles. The van der Waals surface area contributed by atoms with Crippen LogP contribution in [0.3, 0.4) is 0 Å². The number of halogens is 1. The Morgan fingerprint density at radius 2 is 2.19 bits per heavy atom. The van der Waals surface area contributed by atoms with Crippen molar-refractivity contribution in [2.24, 2.45) is 0 Å². The number of carbonyl (C=O) groups is 1. The van der Waals surface area contributed by atoms with Crippen molar-refractivity contribution < 1.29 is 14.6 Å². The highest BCUT2D eigenvalue weighted by Crippen LogP contribution is 2.33. The highest BCUT2D eigenvalue weighted by molar-refractivity contribution is 6.31. The van der Waals surface area contributed by atoms with E-state index < -0.39 is 12.5 Å². The van der Waals surface area contributed by atoms with Gasteiger partial charge in [-0.05, 0) is 24.6 Å². The predicted octanol–water partition coefficient (Wildman–Crippen LogP) is 1.61. The number of hydrogen-bond donors (Lipinski definition) is 1. The molecule has 0 fully saturated rings. The fourth-order valence-corrected chi connectivity index (χ4v) is 1.47. The normalized spacial score (nSPS) is 10.1. The molecule has 0 unspecified atom stereocenters. The molecule has 0 aliphatic carbocycles. The summed E-state index contributed by atoms with van der Waals surface area (Å²) in [5, 5.41) is 9.34. The second kappa shape index (κ2) is 5.18. The number of aliphatic hydroxyl groups excluding tert-OH is 1. The van der Waals surface area contributed by atoms with E-state index in [2.05, 4.69) is 0 Å². The first-order valence-corrected chi connectivity index (χ1v) is 5.10. The number of hydrogen-bond acceptors (Lipinski definition) is 3. The lowest BCUT2D eigenvalue weighted by atomic mass is 10.2. The van der Waals surface area contributed by atoms with Crippen LogP contribution in [-0.2, 0) is 4.79 Å². The first-order chi connectivity index (χ1) is 7.51. The van der Waals surface area contributed by atoms with Gasteiger partial charge in [-0.1, -0.05) is 11.6 Å². The third kappa shape index (κ3) is 2.46. The van der Waals surface area contributed by atoms with Crippen molar-refractivity contribution in [2.75, 3.05) is 25.7 Å². The van der Waals surface area contributed by atoms with Gasteiger partial charge in [-0.2, -0.15) is 0 Å².